The second kappa shape index (κ2) is 7.02. The van der Waals surface area contributed by atoms with Crippen LogP contribution in [0.5, 0.6) is 0 Å². The number of hydrogen-bond donors (Lipinski definition) is 1. The zero-order chi connectivity index (χ0) is 13.7. The van der Waals surface area contributed by atoms with Crippen molar-refractivity contribution in [2.45, 2.75) is 25.3 Å². The van der Waals surface area contributed by atoms with Crippen LogP contribution in [0.15, 0.2) is 0 Å². The Labute approximate surface area is 117 Å². The minimum Gasteiger partial charge on any atom is -0.314 e. The van der Waals surface area contributed by atoms with Crippen LogP contribution < -0.4 is 5.32 Å². The zero-order valence-electron chi connectivity index (χ0n) is 12.0. The summed E-state index contributed by atoms with van der Waals surface area (Å²) in [7, 11) is -2.83. The van der Waals surface area contributed by atoms with E-state index in [0.29, 0.717) is 6.54 Å². The SMILES string of the molecule is CS(=O)(=O)CCNCCN1CCN2CCCCC2C1. The van der Waals surface area contributed by atoms with Gasteiger partial charge in [-0.1, -0.05) is 6.42 Å². The fourth-order valence-electron chi connectivity index (χ4n) is 3.04. The standard InChI is InChI=1S/C13H27N3O2S/c1-19(17,18)11-6-14-5-8-15-9-10-16-7-3-2-4-13(16)12-15/h13-14H,2-12H2,1H3. The average molecular weight is 289 g/mol. The maximum Gasteiger partial charge on any atom is 0.148 e. The minimum absolute atomic E-state index is 0.239. The summed E-state index contributed by atoms with van der Waals surface area (Å²) in [4.78, 5) is 5.15. The Bertz CT molecular complexity index is 372. The molecule has 0 radical (unpaired) electrons. The molecule has 1 atom stereocenters. The average Bonchev–Trinajstić information content (AvgIpc) is 2.37. The summed E-state index contributed by atoms with van der Waals surface area (Å²) >= 11 is 0. The third-order valence-corrected chi connectivity index (χ3v) is 5.12. The van der Waals surface area contributed by atoms with Crippen LogP contribution in [-0.4, -0.2) is 82.1 Å². The number of fused-ring (bicyclic) bond motifs is 1. The maximum atomic E-state index is 11.0. The third kappa shape index (κ3) is 5.38. The van der Waals surface area contributed by atoms with Gasteiger partial charge in [0.1, 0.15) is 9.84 Å². The Balaban J connectivity index is 1.59. The first-order valence-corrected chi connectivity index (χ1v) is 9.45. The van der Waals surface area contributed by atoms with Crippen molar-refractivity contribution in [3.05, 3.63) is 0 Å². The van der Waals surface area contributed by atoms with Crippen molar-refractivity contribution < 1.29 is 8.42 Å². The molecule has 0 spiro atoms. The summed E-state index contributed by atoms with van der Waals surface area (Å²) in [6.07, 6.45) is 5.38. The van der Waals surface area contributed by atoms with Gasteiger partial charge >= 0.3 is 0 Å². The van der Waals surface area contributed by atoms with Gasteiger partial charge in [-0.15, -0.1) is 0 Å². The van der Waals surface area contributed by atoms with Crippen molar-refractivity contribution in [2.75, 3.05) is 57.8 Å². The van der Waals surface area contributed by atoms with E-state index in [0.717, 1.165) is 25.7 Å². The van der Waals surface area contributed by atoms with Crippen molar-refractivity contribution in [3.63, 3.8) is 0 Å². The molecule has 2 aliphatic rings. The van der Waals surface area contributed by atoms with Gasteiger partial charge in [0.05, 0.1) is 5.75 Å². The van der Waals surface area contributed by atoms with Gasteiger partial charge in [-0.25, -0.2) is 8.42 Å². The van der Waals surface area contributed by atoms with Crippen LogP contribution in [0, 0.1) is 0 Å². The highest BCUT2D eigenvalue weighted by molar-refractivity contribution is 7.90. The molecule has 2 fully saturated rings. The van der Waals surface area contributed by atoms with Gasteiger partial charge < -0.3 is 5.32 Å². The second-order valence-electron chi connectivity index (χ2n) is 5.87. The molecule has 0 aliphatic carbocycles. The predicted octanol–water partition coefficient (Wildman–Crippen LogP) is -0.209. The molecule has 19 heavy (non-hydrogen) atoms. The van der Waals surface area contributed by atoms with E-state index in [1.807, 2.05) is 0 Å². The van der Waals surface area contributed by atoms with E-state index in [4.69, 9.17) is 0 Å². The number of rotatable bonds is 6. The molecule has 0 aromatic rings. The molecule has 1 N–H and O–H groups in total. The number of sulfone groups is 1. The number of piperazine rings is 1. The van der Waals surface area contributed by atoms with Crippen LogP contribution >= 0.6 is 0 Å². The van der Waals surface area contributed by atoms with Gasteiger partial charge in [0.15, 0.2) is 0 Å². The molecule has 0 amide bonds. The molecule has 5 nitrogen and oxygen atoms in total. The zero-order valence-corrected chi connectivity index (χ0v) is 12.8. The fraction of sp³-hybridized carbons (Fsp3) is 1.00. The van der Waals surface area contributed by atoms with Crippen LogP contribution in [0.2, 0.25) is 0 Å². The summed E-state index contributed by atoms with van der Waals surface area (Å²) in [5.74, 6) is 0.239. The van der Waals surface area contributed by atoms with E-state index in [1.54, 1.807) is 0 Å². The van der Waals surface area contributed by atoms with Crippen LogP contribution in [-0.2, 0) is 9.84 Å². The molecule has 0 saturated carbocycles. The number of hydrogen-bond acceptors (Lipinski definition) is 5. The monoisotopic (exact) mass is 289 g/mol. The fourth-order valence-corrected chi connectivity index (χ4v) is 3.56. The number of nitrogens with zero attached hydrogens (tertiary/aromatic N) is 2. The topological polar surface area (TPSA) is 52.7 Å². The number of piperidine rings is 1. The van der Waals surface area contributed by atoms with Crippen molar-refractivity contribution in [3.8, 4) is 0 Å². The van der Waals surface area contributed by atoms with E-state index >= 15 is 0 Å². The highest BCUT2D eigenvalue weighted by Gasteiger charge is 2.28. The van der Waals surface area contributed by atoms with Crippen molar-refractivity contribution >= 4 is 9.84 Å². The van der Waals surface area contributed by atoms with Gasteiger partial charge in [-0.05, 0) is 19.4 Å². The molecule has 0 aromatic carbocycles. The highest BCUT2D eigenvalue weighted by atomic mass is 32.2. The first-order chi connectivity index (χ1) is 9.04. The molecule has 112 valence electrons. The largest absolute Gasteiger partial charge is 0.314 e. The van der Waals surface area contributed by atoms with E-state index in [9.17, 15) is 8.42 Å². The van der Waals surface area contributed by atoms with E-state index < -0.39 is 9.84 Å². The Morgan fingerprint density at radius 2 is 2.00 bits per heavy atom. The van der Waals surface area contributed by atoms with E-state index in [1.165, 1.54) is 45.2 Å². The molecular weight excluding hydrogens is 262 g/mol. The molecular formula is C13H27N3O2S. The lowest BCUT2D eigenvalue weighted by molar-refractivity contribution is 0.0501. The Kier molecular flexibility index (Phi) is 5.62. The molecule has 0 bridgehead atoms. The maximum absolute atomic E-state index is 11.0. The van der Waals surface area contributed by atoms with Crippen LogP contribution in [0.1, 0.15) is 19.3 Å². The molecule has 1 unspecified atom stereocenters. The normalized spacial score (nSPS) is 26.3. The summed E-state index contributed by atoms with van der Waals surface area (Å²) in [6, 6.07) is 0.763. The first-order valence-electron chi connectivity index (χ1n) is 7.39. The summed E-state index contributed by atoms with van der Waals surface area (Å²) in [5.41, 5.74) is 0. The van der Waals surface area contributed by atoms with Gasteiger partial charge in [0.25, 0.3) is 0 Å². The predicted molar refractivity (Wildman–Crippen MR) is 78.2 cm³/mol. The van der Waals surface area contributed by atoms with Gasteiger partial charge in [0.2, 0.25) is 0 Å². The molecule has 2 heterocycles. The molecule has 2 aliphatic heterocycles. The minimum atomic E-state index is -2.83. The molecule has 2 rings (SSSR count). The van der Waals surface area contributed by atoms with Gasteiger partial charge in [-0.3, -0.25) is 9.80 Å². The Morgan fingerprint density at radius 3 is 2.79 bits per heavy atom. The molecule has 6 heteroatoms. The molecule has 0 aromatic heterocycles. The van der Waals surface area contributed by atoms with Crippen LogP contribution in [0.4, 0.5) is 0 Å². The lowest BCUT2D eigenvalue weighted by Gasteiger charge is -2.44. The summed E-state index contributed by atoms with van der Waals surface area (Å²) < 4.78 is 22.0. The quantitative estimate of drug-likeness (QED) is 0.686. The van der Waals surface area contributed by atoms with Crippen LogP contribution in [0.25, 0.3) is 0 Å². The summed E-state index contributed by atoms with van der Waals surface area (Å²) in [5, 5.41) is 3.23. The second-order valence-corrected chi connectivity index (χ2v) is 8.13. The van der Waals surface area contributed by atoms with E-state index in [2.05, 4.69) is 15.1 Å². The van der Waals surface area contributed by atoms with Gasteiger partial charge in [-0.2, -0.15) is 0 Å². The van der Waals surface area contributed by atoms with E-state index in [-0.39, 0.29) is 5.75 Å². The van der Waals surface area contributed by atoms with Crippen molar-refractivity contribution in [1.29, 1.82) is 0 Å². The Hall–Kier alpha value is -0.170. The first kappa shape index (κ1) is 15.2. The smallest absolute Gasteiger partial charge is 0.148 e. The van der Waals surface area contributed by atoms with Crippen molar-refractivity contribution in [2.24, 2.45) is 0 Å². The van der Waals surface area contributed by atoms with Crippen LogP contribution in [0.3, 0.4) is 0 Å². The lowest BCUT2D eigenvalue weighted by atomic mass is 9.99. The third-order valence-electron chi connectivity index (χ3n) is 4.18. The number of nitrogens with one attached hydrogen (secondary N) is 1. The highest BCUT2D eigenvalue weighted by Crippen LogP contribution is 2.20. The molecule has 2 saturated heterocycles. The summed E-state index contributed by atoms with van der Waals surface area (Å²) in [6.45, 7) is 7.33. The lowest BCUT2D eigenvalue weighted by Crippen LogP contribution is -2.55. The Morgan fingerprint density at radius 1 is 1.16 bits per heavy atom. The van der Waals surface area contributed by atoms with Gasteiger partial charge in [0, 0.05) is 51.6 Å². The van der Waals surface area contributed by atoms with Crippen molar-refractivity contribution in [1.82, 2.24) is 15.1 Å².